The maximum atomic E-state index is 6.06. The third kappa shape index (κ3) is 17.1. The first kappa shape index (κ1) is 27.4. The van der Waals surface area contributed by atoms with E-state index in [0.29, 0.717) is 25.7 Å². The summed E-state index contributed by atoms with van der Waals surface area (Å²) in [5, 5.41) is 0. The fourth-order valence-electron chi connectivity index (χ4n) is 3.35. The van der Waals surface area contributed by atoms with Gasteiger partial charge in [-0.1, -0.05) is 95.0 Å². The minimum atomic E-state index is -0.0238. The van der Waals surface area contributed by atoms with Crippen LogP contribution in [0.1, 0.15) is 89.5 Å². The molecule has 0 spiro atoms. The molecular weight excluding hydrogens is 396 g/mol. The molecule has 0 N–H and O–H groups in total. The van der Waals surface area contributed by atoms with Crippen molar-refractivity contribution in [3.8, 4) is 0 Å². The zero-order valence-corrected chi connectivity index (χ0v) is 20.1. The lowest BCUT2D eigenvalue weighted by Gasteiger charge is -2.18. The molecule has 1 atom stereocenters. The Morgan fingerprint density at radius 3 is 1.80 bits per heavy atom. The van der Waals surface area contributed by atoms with Gasteiger partial charge in [-0.15, -0.1) is 11.6 Å². The Balaban J connectivity index is 2.08. The summed E-state index contributed by atoms with van der Waals surface area (Å²) in [6.07, 6.45) is 15.4. The molecule has 0 aliphatic carbocycles. The molecule has 1 rings (SSSR count). The molecule has 0 bridgehead atoms. The number of hydrogen-bond donors (Lipinski definition) is 0. The molecule has 4 heteroatoms. The van der Waals surface area contributed by atoms with Crippen molar-refractivity contribution in [3.05, 3.63) is 35.9 Å². The van der Waals surface area contributed by atoms with Gasteiger partial charge in [-0.25, -0.2) is 0 Å². The zero-order chi connectivity index (χ0) is 21.5. The lowest BCUT2D eigenvalue weighted by molar-refractivity contribution is -0.0672. The number of hydrogen-bond acceptors (Lipinski definition) is 3. The van der Waals surface area contributed by atoms with E-state index in [0.717, 1.165) is 32.5 Å². The fraction of sp³-hybridized carbons (Fsp3) is 0.769. The van der Waals surface area contributed by atoms with Gasteiger partial charge in [0.15, 0.2) is 0 Å². The van der Waals surface area contributed by atoms with Gasteiger partial charge in [0.1, 0.15) is 6.10 Å². The Kier molecular flexibility index (Phi) is 19.8. The van der Waals surface area contributed by atoms with E-state index in [9.17, 15) is 0 Å². The molecule has 0 aliphatic rings. The highest BCUT2D eigenvalue weighted by molar-refractivity contribution is 6.17. The number of rotatable bonds is 22. The number of alkyl halides is 1. The average Bonchev–Trinajstić information content (AvgIpc) is 2.78. The van der Waals surface area contributed by atoms with E-state index in [1.54, 1.807) is 0 Å². The molecule has 3 nitrogen and oxygen atoms in total. The standard InChI is InChI=1S/C26H45ClO3/c1-2-3-4-5-6-7-8-9-10-15-20-28-23-26(24-29-21-16-14-19-27)30-22-25-17-12-11-13-18-25/h11-13,17-18,26H,2-10,14-16,19-24H2,1H3. The van der Waals surface area contributed by atoms with Crippen LogP contribution in [0, 0.1) is 0 Å². The van der Waals surface area contributed by atoms with Crippen LogP contribution in [0.25, 0.3) is 0 Å². The molecule has 174 valence electrons. The maximum Gasteiger partial charge on any atom is 0.105 e. The third-order valence-corrected chi connectivity index (χ3v) is 5.52. The molecule has 1 aromatic rings. The molecule has 0 amide bonds. The SMILES string of the molecule is CCCCCCCCCCCCOCC(COCCCCCl)OCc1ccccc1. The highest BCUT2D eigenvalue weighted by atomic mass is 35.5. The van der Waals surface area contributed by atoms with Crippen molar-refractivity contribution in [3.63, 3.8) is 0 Å². The summed E-state index contributed by atoms with van der Waals surface area (Å²) in [5.41, 5.74) is 1.18. The van der Waals surface area contributed by atoms with Gasteiger partial charge in [0.25, 0.3) is 0 Å². The van der Waals surface area contributed by atoms with Gasteiger partial charge < -0.3 is 14.2 Å². The normalized spacial score (nSPS) is 12.3. The Bertz CT molecular complexity index is 455. The van der Waals surface area contributed by atoms with Gasteiger partial charge in [0.05, 0.1) is 19.8 Å². The molecule has 0 aliphatic heterocycles. The molecule has 30 heavy (non-hydrogen) atoms. The van der Waals surface area contributed by atoms with Crippen molar-refractivity contribution in [1.29, 1.82) is 0 Å². The summed E-state index contributed by atoms with van der Waals surface area (Å²) in [6.45, 7) is 5.59. The second-order valence-electron chi connectivity index (χ2n) is 8.15. The van der Waals surface area contributed by atoms with Crippen LogP contribution < -0.4 is 0 Å². The lowest BCUT2D eigenvalue weighted by atomic mass is 10.1. The Hall–Kier alpha value is -0.610. The van der Waals surface area contributed by atoms with Crippen molar-refractivity contribution < 1.29 is 14.2 Å². The van der Waals surface area contributed by atoms with E-state index >= 15 is 0 Å². The number of benzene rings is 1. The molecule has 0 aromatic heterocycles. The highest BCUT2D eigenvalue weighted by Gasteiger charge is 2.10. The van der Waals surface area contributed by atoms with Crippen LogP contribution in [-0.4, -0.2) is 38.4 Å². The smallest absolute Gasteiger partial charge is 0.105 e. The second-order valence-corrected chi connectivity index (χ2v) is 8.52. The van der Waals surface area contributed by atoms with E-state index < -0.39 is 0 Å². The topological polar surface area (TPSA) is 27.7 Å². The van der Waals surface area contributed by atoms with Crippen LogP contribution >= 0.6 is 11.6 Å². The van der Waals surface area contributed by atoms with Gasteiger partial charge in [-0.3, -0.25) is 0 Å². The zero-order valence-electron chi connectivity index (χ0n) is 19.3. The minimum Gasteiger partial charge on any atom is -0.379 e. The lowest BCUT2D eigenvalue weighted by Crippen LogP contribution is -2.26. The Morgan fingerprint density at radius 1 is 0.700 bits per heavy atom. The summed E-state index contributed by atoms with van der Waals surface area (Å²) in [7, 11) is 0. The summed E-state index contributed by atoms with van der Waals surface area (Å²) in [6, 6.07) is 10.3. The Labute approximate surface area is 190 Å². The molecule has 0 radical (unpaired) electrons. The molecule has 0 heterocycles. The van der Waals surface area contributed by atoms with Crippen molar-refractivity contribution >= 4 is 11.6 Å². The van der Waals surface area contributed by atoms with Crippen LogP contribution in [-0.2, 0) is 20.8 Å². The molecule has 0 saturated carbocycles. The highest BCUT2D eigenvalue weighted by Crippen LogP contribution is 2.11. The molecule has 0 saturated heterocycles. The van der Waals surface area contributed by atoms with Crippen molar-refractivity contribution in [1.82, 2.24) is 0 Å². The van der Waals surface area contributed by atoms with Gasteiger partial charge in [0, 0.05) is 19.1 Å². The predicted octanol–water partition coefficient (Wildman–Crippen LogP) is 7.54. The van der Waals surface area contributed by atoms with Gasteiger partial charge >= 0.3 is 0 Å². The molecule has 0 fully saturated rings. The first-order valence-corrected chi connectivity index (χ1v) is 12.8. The number of ether oxygens (including phenoxy) is 3. The van der Waals surface area contributed by atoms with Crippen molar-refractivity contribution in [2.45, 2.75) is 96.7 Å². The van der Waals surface area contributed by atoms with Crippen LogP contribution in [0.5, 0.6) is 0 Å². The van der Waals surface area contributed by atoms with Gasteiger partial charge in [0.2, 0.25) is 0 Å². The van der Waals surface area contributed by atoms with E-state index in [-0.39, 0.29) is 6.10 Å². The van der Waals surface area contributed by atoms with Gasteiger partial charge in [-0.2, -0.15) is 0 Å². The number of halogens is 1. The maximum absolute atomic E-state index is 6.06. The van der Waals surface area contributed by atoms with E-state index in [4.69, 9.17) is 25.8 Å². The summed E-state index contributed by atoms with van der Waals surface area (Å²) in [5.74, 6) is 0.694. The summed E-state index contributed by atoms with van der Waals surface area (Å²) in [4.78, 5) is 0. The summed E-state index contributed by atoms with van der Waals surface area (Å²) >= 11 is 5.72. The second kappa shape index (κ2) is 21.6. The number of unbranched alkanes of at least 4 members (excludes halogenated alkanes) is 10. The van der Waals surface area contributed by atoms with Crippen LogP contribution in [0.15, 0.2) is 30.3 Å². The van der Waals surface area contributed by atoms with Crippen LogP contribution in [0.2, 0.25) is 0 Å². The van der Waals surface area contributed by atoms with E-state index in [1.165, 1.54) is 63.4 Å². The third-order valence-electron chi connectivity index (χ3n) is 5.25. The first-order chi connectivity index (χ1) is 14.9. The van der Waals surface area contributed by atoms with Crippen molar-refractivity contribution in [2.24, 2.45) is 0 Å². The van der Waals surface area contributed by atoms with Crippen LogP contribution in [0.4, 0.5) is 0 Å². The predicted molar refractivity (Wildman–Crippen MR) is 128 cm³/mol. The molecule has 1 unspecified atom stereocenters. The van der Waals surface area contributed by atoms with Gasteiger partial charge in [-0.05, 0) is 24.8 Å². The minimum absolute atomic E-state index is 0.0238. The average molecular weight is 441 g/mol. The fourth-order valence-corrected chi connectivity index (χ4v) is 3.54. The molecule has 1 aromatic carbocycles. The van der Waals surface area contributed by atoms with Crippen LogP contribution in [0.3, 0.4) is 0 Å². The summed E-state index contributed by atoms with van der Waals surface area (Å²) < 4.78 is 17.7. The van der Waals surface area contributed by atoms with E-state index in [1.807, 2.05) is 18.2 Å². The Morgan fingerprint density at radius 2 is 1.23 bits per heavy atom. The van der Waals surface area contributed by atoms with E-state index in [2.05, 4.69) is 19.1 Å². The largest absolute Gasteiger partial charge is 0.379 e. The monoisotopic (exact) mass is 440 g/mol. The first-order valence-electron chi connectivity index (χ1n) is 12.2. The van der Waals surface area contributed by atoms with Crippen molar-refractivity contribution in [2.75, 3.05) is 32.3 Å². The quantitative estimate of drug-likeness (QED) is 0.137. The molecular formula is C26H45ClO3.